The molecule has 0 saturated heterocycles. The van der Waals surface area contributed by atoms with Crippen LogP contribution < -0.4 is 4.31 Å². The van der Waals surface area contributed by atoms with Crippen molar-refractivity contribution in [3.8, 4) is 11.3 Å². The first-order chi connectivity index (χ1) is 16.8. The van der Waals surface area contributed by atoms with Crippen LogP contribution in [0.1, 0.15) is 59.0 Å². The van der Waals surface area contributed by atoms with E-state index in [-0.39, 0.29) is 27.4 Å². The van der Waals surface area contributed by atoms with Crippen molar-refractivity contribution in [2.45, 2.75) is 56.9 Å². The number of hydrogen-bond donors (Lipinski definition) is 0. The fraction of sp³-hybridized carbons (Fsp3) is 0.391. The Hall–Kier alpha value is -2.74. The van der Waals surface area contributed by atoms with Crippen molar-refractivity contribution in [3.63, 3.8) is 0 Å². The molecule has 162 valence electrons. The lowest BCUT2D eigenvalue weighted by Crippen LogP contribution is -2.39. The minimum atomic E-state index is -4.75. The van der Waals surface area contributed by atoms with E-state index in [0.717, 1.165) is 30.6 Å². The van der Waals surface area contributed by atoms with Crippen LogP contribution in [0.15, 0.2) is 47.6 Å². The van der Waals surface area contributed by atoms with E-state index in [0.29, 0.717) is 10.00 Å². The Morgan fingerprint density at radius 1 is 1.19 bits per heavy atom. The van der Waals surface area contributed by atoms with E-state index < -0.39 is 46.0 Å². The van der Waals surface area contributed by atoms with Crippen molar-refractivity contribution in [1.82, 2.24) is 14.8 Å². The van der Waals surface area contributed by atoms with Gasteiger partial charge in [0.2, 0.25) is 0 Å². The second-order valence-corrected chi connectivity index (χ2v) is 10.3. The van der Waals surface area contributed by atoms with Crippen molar-refractivity contribution in [2.24, 2.45) is 5.89 Å². The first-order valence-electron chi connectivity index (χ1n) is 12.7. The molecule has 1 atom stereocenters. The number of benzene rings is 1. The fourth-order valence-corrected chi connectivity index (χ4v) is 5.23. The van der Waals surface area contributed by atoms with E-state index in [1.165, 1.54) is 16.8 Å². The van der Waals surface area contributed by atoms with Gasteiger partial charge in [0.05, 0.1) is 30.5 Å². The zero-order valence-corrected chi connectivity index (χ0v) is 18.2. The summed E-state index contributed by atoms with van der Waals surface area (Å²) in [7, 11) is -4.75. The van der Waals surface area contributed by atoms with Gasteiger partial charge < -0.3 is 0 Å². The van der Waals surface area contributed by atoms with Crippen LogP contribution in [0.3, 0.4) is 0 Å². The highest BCUT2D eigenvalue weighted by atomic mass is 32.2. The Kier molecular flexibility index (Phi) is 3.07. The summed E-state index contributed by atoms with van der Waals surface area (Å²) in [5.41, 5.74) is -0.436. The van der Waals surface area contributed by atoms with Crippen LogP contribution in [0, 0.1) is 18.6 Å². The normalized spacial score (nSPS) is 28.1. The van der Waals surface area contributed by atoms with Crippen LogP contribution in [0.4, 0.5) is 10.1 Å². The molecular weight excluding hydrogens is 415 g/mol. The minimum absolute atomic E-state index is 0.0688. The highest BCUT2D eigenvalue weighted by Gasteiger charge is 2.48. The fourth-order valence-electron chi connectivity index (χ4n) is 3.74. The van der Waals surface area contributed by atoms with Crippen LogP contribution in [-0.2, 0) is 15.6 Å². The molecule has 0 N–H and O–H groups in total. The summed E-state index contributed by atoms with van der Waals surface area (Å²) >= 11 is 0. The number of fused-ring (bicyclic) bond motifs is 3. The zero-order chi connectivity index (χ0) is 27.6. The van der Waals surface area contributed by atoms with Crippen LogP contribution in [0.2, 0.25) is 0 Å². The maximum absolute atomic E-state index is 14.6. The first-order valence-corrected chi connectivity index (χ1v) is 11.2. The van der Waals surface area contributed by atoms with Gasteiger partial charge in [0, 0.05) is 29.9 Å². The summed E-state index contributed by atoms with van der Waals surface area (Å²) in [6, 6.07) is 3.09. The molecule has 0 radical (unpaired) electrons. The van der Waals surface area contributed by atoms with Crippen molar-refractivity contribution in [2.75, 3.05) is 4.31 Å². The molecule has 3 heterocycles. The van der Waals surface area contributed by atoms with Gasteiger partial charge in [-0.15, -0.1) is 0 Å². The molecule has 31 heavy (non-hydrogen) atoms. The van der Waals surface area contributed by atoms with Gasteiger partial charge in [-0.3, -0.25) is 14.0 Å². The van der Waals surface area contributed by atoms with Gasteiger partial charge >= 0.3 is 0 Å². The van der Waals surface area contributed by atoms with E-state index in [9.17, 15) is 14.2 Å². The lowest BCUT2D eigenvalue weighted by atomic mass is 9.92. The zero-order valence-electron chi connectivity index (χ0n) is 23.4. The van der Waals surface area contributed by atoms with Crippen LogP contribution in [0.25, 0.3) is 11.3 Å². The number of rotatable bonds is 3. The largest absolute Gasteiger partial charge is 0.266 e. The summed E-state index contributed by atoms with van der Waals surface area (Å²) < 4.78 is 97.0. The van der Waals surface area contributed by atoms with Gasteiger partial charge in [-0.2, -0.15) is 5.10 Å². The quantitative estimate of drug-likeness (QED) is 0.579. The topological polar surface area (TPSA) is 68.1 Å². The van der Waals surface area contributed by atoms with Gasteiger partial charge in [0.25, 0.3) is 10.0 Å². The number of hydrogen-bond acceptors (Lipinski definition) is 4. The van der Waals surface area contributed by atoms with E-state index >= 15 is 0 Å². The maximum Gasteiger partial charge on any atom is 0.266 e. The third-order valence-electron chi connectivity index (χ3n) is 5.20. The Balaban J connectivity index is 1.94. The Morgan fingerprint density at radius 3 is 2.55 bits per heavy atom. The van der Waals surface area contributed by atoms with E-state index in [2.05, 4.69) is 10.1 Å². The maximum atomic E-state index is 14.6. The summed E-state index contributed by atoms with van der Waals surface area (Å²) in [5.74, 6) is -3.60. The van der Waals surface area contributed by atoms with E-state index in [1.54, 1.807) is 27.7 Å². The molecule has 0 unspecified atom stereocenters. The number of sulfonamides is 1. The number of nitrogens with zero attached hydrogens (tertiary/aromatic N) is 4. The SMILES string of the molecule is [2H]C1([2H])C([2H])([2H])C1([2H])[C@]1([2H])c2cnn(C(C)(C)C)c2-c2cc(F)ccc2N1S(=O)(=O)c1ccc(C)nc1. The summed E-state index contributed by atoms with van der Waals surface area (Å²) in [6.07, 6.45) is -3.58. The van der Waals surface area contributed by atoms with Crippen LogP contribution in [-0.4, -0.2) is 23.2 Å². The average Bonchev–Trinajstić information content (AvgIpc) is 3.13. The smallest absolute Gasteiger partial charge is 0.260 e. The van der Waals surface area contributed by atoms with Gasteiger partial charge in [-0.05, 0) is 76.7 Å². The summed E-state index contributed by atoms with van der Waals surface area (Å²) in [6.45, 7) is 7.03. The second kappa shape index (κ2) is 6.63. The third-order valence-corrected chi connectivity index (χ3v) is 6.90. The molecule has 3 aromatic rings. The number of halogens is 1. The number of pyridine rings is 1. The number of aromatic nitrogens is 3. The molecule has 5 rings (SSSR count). The average molecular weight is 447 g/mol. The van der Waals surface area contributed by atoms with E-state index in [4.69, 9.17) is 6.85 Å². The molecule has 0 bridgehead atoms. The molecule has 1 fully saturated rings. The Morgan fingerprint density at radius 2 is 1.94 bits per heavy atom. The third kappa shape index (κ3) is 3.15. The number of aryl methyl sites for hydroxylation is 1. The van der Waals surface area contributed by atoms with Gasteiger partial charge in [0.1, 0.15) is 10.7 Å². The first kappa shape index (κ1) is 14.3. The molecule has 0 spiro atoms. The molecule has 1 aliphatic heterocycles. The predicted molar refractivity (Wildman–Crippen MR) is 117 cm³/mol. The highest BCUT2D eigenvalue weighted by Crippen LogP contribution is 2.55. The molecule has 1 aliphatic carbocycles. The molecule has 8 heteroatoms. The molecule has 6 nitrogen and oxygen atoms in total. The summed E-state index contributed by atoms with van der Waals surface area (Å²) in [5, 5.41) is 4.34. The van der Waals surface area contributed by atoms with Crippen molar-refractivity contribution < 1.29 is 21.0 Å². The summed E-state index contributed by atoms with van der Waals surface area (Å²) in [4.78, 5) is 3.69. The Labute approximate surface area is 190 Å². The van der Waals surface area contributed by atoms with E-state index in [1.807, 2.05) is 0 Å². The lowest BCUT2D eigenvalue weighted by molar-refractivity contribution is 0.359. The van der Waals surface area contributed by atoms with Gasteiger partial charge in [-0.1, -0.05) is 0 Å². The van der Waals surface area contributed by atoms with Crippen molar-refractivity contribution in [1.29, 1.82) is 0 Å². The van der Waals surface area contributed by atoms with Crippen LogP contribution in [0.5, 0.6) is 0 Å². The van der Waals surface area contributed by atoms with Crippen molar-refractivity contribution >= 4 is 15.7 Å². The lowest BCUT2D eigenvalue weighted by Gasteiger charge is -2.39. The van der Waals surface area contributed by atoms with Crippen molar-refractivity contribution in [3.05, 3.63) is 59.8 Å². The number of anilines is 1. The molecule has 1 saturated carbocycles. The highest BCUT2D eigenvalue weighted by molar-refractivity contribution is 7.92. The second-order valence-electron chi connectivity index (χ2n) is 8.53. The molecule has 2 aliphatic rings. The molecule has 0 amide bonds. The van der Waals surface area contributed by atoms with Gasteiger partial charge in [0.15, 0.2) is 0 Å². The van der Waals surface area contributed by atoms with Gasteiger partial charge in [-0.25, -0.2) is 12.8 Å². The molecule has 2 aromatic heterocycles. The standard InChI is InChI=1S/C23H25FN4O2S/c1-14-5-9-17(12-25-14)31(29,30)27-20-10-8-16(24)11-18(20)22-19(21(27)15-6-7-15)13-26-28(22)23(2,3)4/h5,8-13,15,21H,6-7H2,1-4H3/t21-/m1/s1/i6D2,7D2,15D,21D. The minimum Gasteiger partial charge on any atom is -0.260 e. The van der Waals surface area contributed by atoms with Crippen LogP contribution >= 0.6 is 0 Å². The Bertz CT molecular complexity index is 1540. The molecular formula is C23H25FN4O2S. The predicted octanol–water partition coefficient (Wildman–Crippen LogP) is 4.81. The monoisotopic (exact) mass is 446 g/mol. The molecule has 1 aromatic carbocycles.